The van der Waals surface area contributed by atoms with Crippen molar-refractivity contribution in [3.8, 4) is 5.75 Å². The number of fused-ring (bicyclic) bond motifs is 3. The molecule has 104 valence electrons. The van der Waals surface area contributed by atoms with E-state index in [-0.39, 0.29) is 6.04 Å². The van der Waals surface area contributed by atoms with Gasteiger partial charge in [0.15, 0.2) is 0 Å². The molecule has 1 saturated heterocycles. The van der Waals surface area contributed by atoms with Crippen molar-refractivity contribution in [1.29, 1.82) is 0 Å². The Morgan fingerprint density at radius 1 is 1.47 bits per heavy atom. The molecule has 2 heterocycles. The Morgan fingerprint density at radius 2 is 2.32 bits per heavy atom. The van der Waals surface area contributed by atoms with Gasteiger partial charge in [0.2, 0.25) is 0 Å². The van der Waals surface area contributed by atoms with Crippen molar-refractivity contribution < 1.29 is 8.95 Å². The quantitative estimate of drug-likeness (QED) is 0.816. The minimum Gasteiger partial charge on any atom is -0.489 e. The fourth-order valence-corrected chi connectivity index (χ4v) is 3.71. The largest absolute Gasteiger partial charge is 0.489 e. The van der Waals surface area contributed by atoms with E-state index in [2.05, 4.69) is 4.90 Å². The van der Waals surface area contributed by atoms with Crippen molar-refractivity contribution in [2.24, 2.45) is 0 Å². The molecule has 2 aliphatic rings. The fraction of sp³-hybridized carbons (Fsp3) is 0.538. The van der Waals surface area contributed by atoms with Crippen LogP contribution in [-0.4, -0.2) is 46.5 Å². The number of rotatable bonds is 2. The molecule has 2 atom stereocenters. The van der Waals surface area contributed by atoms with Gasteiger partial charge in [-0.05, 0) is 12.1 Å². The molecule has 6 heteroatoms. The summed E-state index contributed by atoms with van der Waals surface area (Å²) in [6, 6.07) is 6.08. The van der Waals surface area contributed by atoms with Gasteiger partial charge in [-0.3, -0.25) is 0 Å². The van der Waals surface area contributed by atoms with Gasteiger partial charge in [0.25, 0.3) is 0 Å². The van der Waals surface area contributed by atoms with Gasteiger partial charge in [-0.2, -0.15) is 0 Å². The Labute approximate surface area is 115 Å². The van der Waals surface area contributed by atoms with Crippen LogP contribution in [0, 0.1) is 0 Å². The summed E-state index contributed by atoms with van der Waals surface area (Å²) < 4.78 is 19.7. The van der Waals surface area contributed by atoms with Crippen LogP contribution >= 0.6 is 0 Å². The maximum Gasteiger partial charge on any atom is 0.144 e. The average molecular weight is 281 g/mol. The summed E-state index contributed by atoms with van der Waals surface area (Å²) >= 11 is 0. The van der Waals surface area contributed by atoms with Crippen LogP contribution in [0.5, 0.6) is 5.75 Å². The summed E-state index contributed by atoms with van der Waals surface area (Å²) in [5.41, 5.74) is 7.61. The average Bonchev–Trinajstić information content (AvgIpc) is 2.45. The van der Waals surface area contributed by atoms with Crippen LogP contribution in [0.4, 0.5) is 11.4 Å². The second kappa shape index (κ2) is 5.02. The van der Waals surface area contributed by atoms with Crippen molar-refractivity contribution in [3.63, 3.8) is 0 Å². The lowest BCUT2D eigenvalue weighted by Crippen LogP contribution is -2.57. The highest BCUT2D eigenvalue weighted by atomic mass is 32.2. The molecule has 1 fully saturated rings. The van der Waals surface area contributed by atoms with Gasteiger partial charge in [-0.1, -0.05) is 6.92 Å². The third-order valence-electron chi connectivity index (χ3n) is 3.70. The van der Waals surface area contributed by atoms with Gasteiger partial charge < -0.3 is 15.4 Å². The Kier molecular flexibility index (Phi) is 3.36. The van der Waals surface area contributed by atoms with E-state index in [1.165, 1.54) is 0 Å². The zero-order valence-electron chi connectivity index (χ0n) is 11.0. The van der Waals surface area contributed by atoms with Gasteiger partial charge in [0.05, 0.1) is 22.7 Å². The van der Waals surface area contributed by atoms with Crippen molar-refractivity contribution in [2.45, 2.75) is 13.0 Å². The second-order valence-corrected chi connectivity index (χ2v) is 6.62. The summed E-state index contributed by atoms with van der Waals surface area (Å²) in [5.74, 6) is 1.54. The van der Waals surface area contributed by atoms with Gasteiger partial charge in [-0.15, -0.1) is 0 Å². The molecule has 1 unspecified atom stereocenters. The van der Waals surface area contributed by atoms with E-state index in [1.807, 2.05) is 29.4 Å². The molecule has 0 aromatic heterocycles. The maximum absolute atomic E-state index is 11.9. The highest BCUT2D eigenvalue weighted by Crippen LogP contribution is 2.36. The van der Waals surface area contributed by atoms with Crippen molar-refractivity contribution in [2.75, 3.05) is 42.6 Å². The third kappa shape index (κ3) is 2.30. The lowest BCUT2D eigenvalue weighted by atomic mass is 10.1. The first-order chi connectivity index (χ1) is 9.19. The number of benzene rings is 1. The predicted octanol–water partition coefficient (Wildman–Crippen LogP) is 0.835. The maximum atomic E-state index is 11.9. The molecule has 0 saturated carbocycles. The van der Waals surface area contributed by atoms with Crippen LogP contribution in [0.3, 0.4) is 0 Å². The van der Waals surface area contributed by atoms with Crippen LogP contribution in [0.15, 0.2) is 18.2 Å². The summed E-state index contributed by atoms with van der Waals surface area (Å²) in [6.07, 6.45) is 0. The molecule has 5 nitrogen and oxygen atoms in total. The molecular weight excluding hydrogens is 262 g/mol. The molecule has 0 spiro atoms. The number of hydrogen-bond acceptors (Lipinski definition) is 4. The van der Waals surface area contributed by atoms with Crippen LogP contribution in [0.2, 0.25) is 0 Å². The summed E-state index contributed by atoms with van der Waals surface area (Å²) in [7, 11) is -0.859. The van der Waals surface area contributed by atoms with Crippen molar-refractivity contribution in [1.82, 2.24) is 4.31 Å². The zero-order chi connectivity index (χ0) is 13.4. The number of nitrogen functional groups attached to an aromatic ring is 1. The zero-order valence-corrected chi connectivity index (χ0v) is 11.9. The van der Waals surface area contributed by atoms with Crippen LogP contribution in [0.25, 0.3) is 0 Å². The van der Waals surface area contributed by atoms with E-state index >= 15 is 0 Å². The van der Waals surface area contributed by atoms with Crippen molar-refractivity contribution >= 4 is 22.4 Å². The molecule has 2 N–H and O–H groups in total. The first-order valence-corrected chi connectivity index (χ1v) is 7.89. The minimum atomic E-state index is -0.859. The van der Waals surface area contributed by atoms with Gasteiger partial charge in [-0.25, -0.2) is 8.51 Å². The monoisotopic (exact) mass is 281 g/mol. The van der Waals surface area contributed by atoms with Gasteiger partial charge >= 0.3 is 0 Å². The first kappa shape index (κ1) is 12.7. The Morgan fingerprint density at radius 3 is 3.11 bits per heavy atom. The number of nitrogens with zero attached hydrogens (tertiary/aromatic N) is 2. The van der Waals surface area contributed by atoms with Crippen LogP contribution < -0.4 is 15.4 Å². The lowest BCUT2D eigenvalue weighted by Gasteiger charge is -2.45. The number of hydrogen-bond donors (Lipinski definition) is 1. The predicted molar refractivity (Wildman–Crippen MR) is 77.7 cm³/mol. The molecular formula is C13H19N3O2S. The normalized spacial score (nSPS) is 24.3. The van der Waals surface area contributed by atoms with E-state index in [0.29, 0.717) is 12.4 Å². The molecule has 3 rings (SSSR count). The third-order valence-corrected chi connectivity index (χ3v) is 5.11. The summed E-state index contributed by atoms with van der Waals surface area (Å²) in [4.78, 5) is 2.35. The number of anilines is 2. The number of ether oxygens (including phenoxy) is 1. The highest BCUT2D eigenvalue weighted by Gasteiger charge is 2.34. The molecule has 0 amide bonds. The molecule has 0 bridgehead atoms. The first-order valence-electron chi connectivity index (χ1n) is 6.61. The SMILES string of the molecule is CCS(=O)N1CCN2c3ccc(N)cc3OC[C@H]2C1. The molecule has 2 aliphatic heterocycles. The Hall–Kier alpha value is -1.27. The molecule has 1 aromatic carbocycles. The lowest BCUT2D eigenvalue weighted by molar-refractivity contribution is 0.219. The molecule has 0 radical (unpaired) electrons. The molecule has 0 aliphatic carbocycles. The van der Waals surface area contributed by atoms with E-state index < -0.39 is 11.0 Å². The number of nitrogens with two attached hydrogens (primary N) is 1. The second-order valence-electron chi connectivity index (χ2n) is 4.88. The van der Waals surface area contributed by atoms with Crippen LogP contribution in [-0.2, 0) is 11.0 Å². The van der Waals surface area contributed by atoms with E-state index in [1.54, 1.807) is 0 Å². The Balaban J connectivity index is 1.81. The van der Waals surface area contributed by atoms with E-state index in [9.17, 15) is 4.21 Å². The minimum absolute atomic E-state index is 0.278. The Bertz CT molecular complexity index is 509. The highest BCUT2D eigenvalue weighted by molar-refractivity contribution is 7.82. The fourth-order valence-electron chi connectivity index (χ4n) is 2.72. The topological polar surface area (TPSA) is 58.8 Å². The van der Waals surface area contributed by atoms with Gasteiger partial charge in [0.1, 0.15) is 12.4 Å². The smallest absolute Gasteiger partial charge is 0.144 e. The summed E-state index contributed by atoms with van der Waals surface area (Å²) in [6.45, 7) is 5.10. The number of piperazine rings is 1. The van der Waals surface area contributed by atoms with Gasteiger partial charge in [0, 0.05) is 37.1 Å². The molecule has 19 heavy (non-hydrogen) atoms. The van der Waals surface area contributed by atoms with Crippen LogP contribution in [0.1, 0.15) is 6.92 Å². The standard InChI is InChI=1S/C13H19N3O2S/c1-2-19(17)15-5-6-16-11(8-15)9-18-13-7-10(14)3-4-12(13)16/h3-4,7,11H,2,5-6,8-9,14H2,1H3/t11-,19?/m1/s1. The van der Waals surface area contributed by atoms with Crippen molar-refractivity contribution in [3.05, 3.63) is 18.2 Å². The van der Waals surface area contributed by atoms with E-state index in [4.69, 9.17) is 10.5 Å². The molecule has 1 aromatic rings. The van der Waals surface area contributed by atoms with E-state index in [0.717, 1.165) is 36.8 Å². The summed E-state index contributed by atoms with van der Waals surface area (Å²) in [5, 5.41) is 0.